The van der Waals surface area contributed by atoms with Gasteiger partial charge in [0.2, 0.25) is 11.8 Å². The summed E-state index contributed by atoms with van der Waals surface area (Å²) in [5, 5.41) is 19.8. The minimum absolute atomic E-state index is 0.0111. The molecule has 0 radical (unpaired) electrons. The molecule has 1 aromatic carbocycles. The summed E-state index contributed by atoms with van der Waals surface area (Å²) < 4.78 is 24.4. The third-order valence-corrected chi connectivity index (χ3v) is 4.39. The molecule has 0 spiro atoms. The lowest BCUT2D eigenvalue weighted by atomic mass is 10.1. The second-order valence-electron chi connectivity index (χ2n) is 8.16. The van der Waals surface area contributed by atoms with Crippen LogP contribution in [-0.4, -0.2) is 45.8 Å². The molecule has 172 valence electrons. The number of rotatable bonds is 6. The second kappa shape index (κ2) is 9.73. The highest BCUT2D eigenvalue weighted by Gasteiger charge is 2.23. The van der Waals surface area contributed by atoms with Crippen LogP contribution >= 0.6 is 0 Å². The van der Waals surface area contributed by atoms with E-state index < -0.39 is 22.4 Å². The van der Waals surface area contributed by atoms with Gasteiger partial charge in [0.1, 0.15) is 17.6 Å². The molecule has 1 fully saturated rings. The number of benzene rings is 1. The zero-order valence-electron chi connectivity index (χ0n) is 18.0. The molecule has 3 N–H and O–H groups in total. The molecule has 32 heavy (non-hydrogen) atoms. The van der Waals surface area contributed by atoms with Crippen LogP contribution in [0.5, 0.6) is 0 Å². The number of nitrogens with zero attached hydrogens (tertiary/aromatic N) is 3. The second-order valence-corrected chi connectivity index (χ2v) is 8.16. The number of hydrogen-bond acceptors (Lipinski definition) is 9. The van der Waals surface area contributed by atoms with Crippen molar-refractivity contribution in [2.45, 2.75) is 45.3 Å². The molecule has 12 heteroatoms. The van der Waals surface area contributed by atoms with Crippen molar-refractivity contribution in [3.8, 4) is 0 Å². The van der Waals surface area contributed by atoms with E-state index in [1.165, 1.54) is 12.1 Å². The number of carbonyl (C=O) groups excluding carboxylic acids is 1. The number of anilines is 4. The summed E-state index contributed by atoms with van der Waals surface area (Å²) in [5.41, 5.74) is -0.624. The van der Waals surface area contributed by atoms with Crippen molar-refractivity contribution in [1.82, 2.24) is 9.97 Å². The SMILES string of the molecule is CC(C)(C)OC(=O)Nc1ccc(F)cc1Nc1ncc([N+](=O)[O-])c(NC2CCOCC2)n1. The molecule has 2 aromatic rings. The maximum Gasteiger partial charge on any atom is 0.412 e. The fraction of sp³-hybridized carbons (Fsp3) is 0.450. The van der Waals surface area contributed by atoms with Crippen LogP contribution in [0.4, 0.5) is 38.0 Å². The third-order valence-electron chi connectivity index (χ3n) is 4.39. The number of ether oxygens (including phenoxy) is 2. The van der Waals surface area contributed by atoms with Gasteiger partial charge in [0, 0.05) is 19.3 Å². The number of amides is 1. The van der Waals surface area contributed by atoms with E-state index in [0.29, 0.717) is 26.1 Å². The summed E-state index contributed by atoms with van der Waals surface area (Å²) in [5.74, 6) is -0.537. The standard InChI is InChI=1S/C20H25FN6O5/c1-20(2,3)32-19(28)25-14-5-4-12(21)10-15(14)24-18-22-11-16(27(29)30)17(26-18)23-13-6-8-31-9-7-13/h4-5,10-11,13H,6-9H2,1-3H3,(H,25,28)(H2,22,23,24,26). The zero-order valence-corrected chi connectivity index (χ0v) is 18.0. The van der Waals surface area contributed by atoms with Crippen LogP contribution in [-0.2, 0) is 9.47 Å². The summed E-state index contributed by atoms with van der Waals surface area (Å²) in [4.78, 5) is 31.1. The first-order valence-electron chi connectivity index (χ1n) is 10.0. The van der Waals surface area contributed by atoms with E-state index in [-0.39, 0.29) is 34.9 Å². The van der Waals surface area contributed by atoms with E-state index in [1.807, 2.05) is 0 Å². The Labute approximate surface area is 183 Å². The van der Waals surface area contributed by atoms with Crippen molar-refractivity contribution in [2.75, 3.05) is 29.2 Å². The summed E-state index contributed by atoms with van der Waals surface area (Å²) >= 11 is 0. The Morgan fingerprint density at radius 2 is 2.00 bits per heavy atom. The lowest BCUT2D eigenvalue weighted by Gasteiger charge is -2.23. The molecule has 0 unspecified atom stereocenters. The summed E-state index contributed by atoms with van der Waals surface area (Å²) in [7, 11) is 0. The van der Waals surface area contributed by atoms with Gasteiger partial charge in [-0.2, -0.15) is 4.98 Å². The van der Waals surface area contributed by atoms with Crippen molar-refractivity contribution in [2.24, 2.45) is 0 Å². The molecule has 3 rings (SSSR count). The first kappa shape index (κ1) is 23.1. The Morgan fingerprint density at radius 3 is 2.66 bits per heavy atom. The number of aromatic nitrogens is 2. The van der Waals surface area contributed by atoms with Crippen LogP contribution in [0.25, 0.3) is 0 Å². The topological polar surface area (TPSA) is 141 Å². The lowest BCUT2D eigenvalue weighted by Crippen LogP contribution is -2.28. The average molecular weight is 448 g/mol. The quantitative estimate of drug-likeness (QED) is 0.438. The molecule has 11 nitrogen and oxygen atoms in total. The first-order valence-corrected chi connectivity index (χ1v) is 10.0. The van der Waals surface area contributed by atoms with Gasteiger partial charge in [0.15, 0.2) is 0 Å². The predicted molar refractivity (Wildman–Crippen MR) is 116 cm³/mol. The van der Waals surface area contributed by atoms with E-state index >= 15 is 0 Å². The van der Waals surface area contributed by atoms with E-state index in [2.05, 4.69) is 25.9 Å². The largest absolute Gasteiger partial charge is 0.444 e. The van der Waals surface area contributed by atoms with Crippen molar-refractivity contribution in [1.29, 1.82) is 0 Å². The van der Waals surface area contributed by atoms with E-state index in [4.69, 9.17) is 9.47 Å². The molecule has 0 atom stereocenters. The molecule has 1 aliphatic heterocycles. The van der Waals surface area contributed by atoms with Gasteiger partial charge in [-0.15, -0.1) is 0 Å². The highest BCUT2D eigenvalue weighted by molar-refractivity contribution is 5.90. The van der Waals surface area contributed by atoms with Crippen LogP contribution < -0.4 is 16.0 Å². The highest BCUT2D eigenvalue weighted by atomic mass is 19.1. The van der Waals surface area contributed by atoms with Gasteiger partial charge >= 0.3 is 11.8 Å². The maximum atomic E-state index is 13.9. The molecule has 0 aliphatic carbocycles. The minimum Gasteiger partial charge on any atom is -0.444 e. The monoisotopic (exact) mass is 448 g/mol. The van der Waals surface area contributed by atoms with Gasteiger partial charge < -0.3 is 20.1 Å². The average Bonchev–Trinajstić information content (AvgIpc) is 2.69. The summed E-state index contributed by atoms with van der Waals surface area (Å²) in [6, 6.07) is 3.63. The Kier molecular flexibility index (Phi) is 7.03. The number of nitro groups is 1. The van der Waals surface area contributed by atoms with E-state index in [1.54, 1.807) is 20.8 Å². The zero-order chi connectivity index (χ0) is 23.3. The molecular weight excluding hydrogens is 423 g/mol. The fourth-order valence-electron chi connectivity index (χ4n) is 2.97. The van der Waals surface area contributed by atoms with Crippen LogP contribution in [0.15, 0.2) is 24.4 Å². The van der Waals surface area contributed by atoms with Crippen LogP contribution in [0.3, 0.4) is 0 Å². The smallest absolute Gasteiger partial charge is 0.412 e. The molecule has 0 saturated carbocycles. The highest BCUT2D eigenvalue weighted by Crippen LogP contribution is 2.29. The van der Waals surface area contributed by atoms with Crippen molar-refractivity contribution in [3.05, 3.63) is 40.3 Å². The van der Waals surface area contributed by atoms with Crippen molar-refractivity contribution < 1.29 is 23.6 Å². The van der Waals surface area contributed by atoms with Gasteiger partial charge in [-0.3, -0.25) is 15.4 Å². The lowest BCUT2D eigenvalue weighted by molar-refractivity contribution is -0.384. The van der Waals surface area contributed by atoms with Gasteiger partial charge in [-0.25, -0.2) is 14.2 Å². The maximum absolute atomic E-state index is 13.9. The third kappa shape index (κ3) is 6.48. The van der Waals surface area contributed by atoms with E-state index in [0.717, 1.165) is 12.3 Å². The Morgan fingerprint density at radius 1 is 1.28 bits per heavy atom. The van der Waals surface area contributed by atoms with Gasteiger partial charge in [-0.05, 0) is 51.8 Å². The first-order chi connectivity index (χ1) is 15.1. The summed E-state index contributed by atoms with van der Waals surface area (Å²) in [6.45, 7) is 6.24. The minimum atomic E-state index is -0.723. The molecule has 1 aromatic heterocycles. The van der Waals surface area contributed by atoms with Crippen LogP contribution in [0.2, 0.25) is 0 Å². The Hall–Kier alpha value is -3.54. The number of hydrogen-bond donors (Lipinski definition) is 3. The fourth-order valence-corrected chi connectivity index (χ4v) is 2.97. The van der Waals surface area contributed by atoms with Gasteiger partial charge in [0.25, 0.3) is 0 Å². The predicted octanol–water partition coefficient (Wildman–Crippen LogP) is 4.21. The normalized spacial score (nSPS) is 14.5. The van der Waals surface area contributed by atoms with Gasteiger partial charge in [0.05, 0.1) is 16.3 Å². The van der Waals surface area contributed by atoms with E-state index in [9.17, 15) is 19.3 Å². The number of carbonyl (C=O) groups is 1. The Bertz CT molecular complexity index is 991. The molecular formula is C20H25FN6O5. The molecule has 1 saturated heterocycles. The Balaban J connectivity index is 1.84. The molecule has 0 bridgehead atoms. The van der Waals surface area contributed by atoms with Crippen molar-refractivity contribution >= 4 is 34.9 Å². The van der Waals surface area contributed by atoms with Crippen LogP contribution in [0.1, 0.15) is 33.6 Å². The molecule has 1 aliphatic rings. The summed E-state index contributed by atoms with van der Waals surface area (Å²) in [6.07, 6.45) is 1.70. The molecule has 1 amide bonds. The van der Waals surface area contributed by atoms with Gasteiger partial charge in [-0.1, -0.05) is 0 Å². The number of nitrogens with one attached hydrogen (secondary N) is 3. The van der Waals surface area contributed by atoms with Crippen molar-refractivity contribution in [3.63, 3.8) is 0 Å². The van der Waals surface area contributed by atoms with Crippen LogP contribution in [0, 0.1) is 15.9 Å². The molecule has 2 heterocycles. The number of halogens is 1.